The van der Waals surface area contributed by atoms with E-state index >= 15 is 0 Å². The highest BCUT2D eigenvalue weighted by Gasteiger charge is 2.30. The zero-order valence-electron chi connectivity index (χ0n) is 19.4. The lowest BCUT2D eigenvalue weighted by Gasteiger charge is -2.36. The maximum atomic E-state index is 13.2. The molecule has 0 bridgehead atoms. The van der Waals surface area contributed by atoms with Crippen molar-refractivity contribution in [2.24, 2.45) is 0 Å². The Morgan fingerprint density at radius 3 is 2.38 bits per heavy atom. The van der Waals surface area contributed by atoms with E-state index in [1.807, 2.05) is 38.6 Å². The van der Waals surface area contributed by atoms with Crippen molar-refractivity contribution in [2.75, 3.05) is 39.3 Å². The predicted octanol–water partition coefficient (Wildman–Crippen LogP) is 4.45. The highest BCUT2D eigenvalue weighted by molar-refractivity contribution is 7.10. The molecule has 1 aromatic carbocycles. The Morgan fingerprint density at radius 2 is 1.62 bits per heavy atom. The van der Waals surface area contributed by atoms with E-state index in [-0.39, 0.29) is 17.9 Å². The molecule has 2 aliphatic heterocycles. The highest BCUT2D eigenvalue weighted by atomic mass is 32.1. The van der Waals surface area contributed by atoms with Gasteiger partial charge >= 0.3 is 0 Å². The topological polar surface area (TPSA) is 43.9 Å². The van der Waals surface area contributed by atoms with E-state index in [0.717, 1.165) is 43.9 Å². The Kier molecular flexibility index (Phi) is 7.42. The summed E-state index contributed by atoms with van der Waals surface area (Å²) in [5.74, 6) is 0.373. The number of carbonyl (C=O) groups is 2. The summed E-state index contributed by atoms with van der Waals surface area (Å²) in [7, 11) is 0. The van der Waals surface area contributed by atoms with Crippen LogP contribution in [-0.4, -0.2) is 65.8 Å². The number of benzene rings is 1. The van der Waals surface area contributed by atoms with Crippen molar-refractivity contribution in [1.29, 1.82) is 0 Å². The molecule has 178 valence electrons. The minimum Gasteiger partial charge on any atom is -0.341 e. The van der Waals surface area contributed by atoms with Crippen LogP contribution >= 0.6 is 22.7 Å². The van der Waals surface area contributed by atoms with E-state index in [2.05, 4.69) is 46.7 Å². The van der Waals surface area contributed by atoms with Crippen LogP contribution < -0.4 is 0 Å². The lowest BCUT2D eigenvalue weighted by molar-refractivity contribution is -0.133. The quantitative estimate of drug-likeness (QED) is 0.510. The van der Waals surface area contributed by atoms with Crippen molar-refractivity contribution in [2.45, 2.75) is 31.7 Å². The summed E-state index contributed by atoms with van der Waals surface area (Å²) in [5, 5.41) is 4.20. The number of amides is 2. The van der Waals surface area contributed by atoms with Crippen LogP contribution in [0.25, 0.3) is 0 Å². The van der Waals surface area contributed by atoms with Crippen LogP contribution in [0.5, 0.6) is 0 Å². The van der Waals surface area contributed by atoms with Crippen LogP contribution in [0.2, 0.25) is 0 Å². The smallest absolute Gasteiger partial charge is 0.227 e. The summed E-state index contributed by atoms with van der Waals surface area (Å²) in [6.07, 6.45) is 2.88. The van der Waals surface area contributed by atoms with Gasteiger partial charge in [-0.2, -0.15) is 0 Å². The van der Waals surface area contributed by atoms with Gasteiger partial charge < -0.3 is 9.80 Å². The van der Waals surface area contributed by atoms with Crippen LogP contribution in [-0.2, 0) is 22.4 Å². The third-order valence-corrected chi connectivity index (χ3v) is 8.77. The summed E-state index contributed by atoms with van der Waals surface area (Å²) in [6, 6.07) is 17.1. The van der Waals surface area contributed by atoms with E-state index in [0.29, 0.717) is 25.9 Å². The van der Waals surface area contributed by atoms with Crippen molar-refractivity contribution < 1.29 is 9.59 Å². The van der Waals surface area contributed by atoms with Crippen molar-refractivity contribution in [3.05, 3.63) is 80.2 Å². The molecule has 0 spiro atoms. The summed E-state index contributed by atoms with van der Waals surface area (Å²) in [6.45, 7) is 4.46. The second kappa shape index (κ2) is 10.8. The number of rotatable bonds is 6. The van der Waals surface area contributed by atoms with Crippen LogP contribution in [0.15, 0.2) is 59.3 Å². The van der Waals surface area contributed by atoms with Gasteiger partial charge in [0.25, 0.3) is 0 Å². The number of thiophene rings is 2. The normalized spacial score (nSPS) is 19.0. The molecule has 5 rings (SSSR count). The average Bonchev–Trinajstić information content (AvgIpc) is 3.49. The van der Waals surface area contributed by atoms with Gasteiger partial charge in [0.1, 0.15) is 0 Å². The monoisotopic (exact) mass is 493 g/mol. The fourth-order valence-corrected chi connectivity index (χ4v) is 6.72. The first-order valence-electron chi connectivity index (χ1n) is 12.1. The van der Waals surface area contributed by atoms with E-state index in [1.165, 1.54) is 16.0 Å². The second-order valence-corrected chi connectivity index (χ2v) is 11.1. The molecule has 0 aliphatic carbocycles. The van der Waals surface area contributed by atoms with Gasteiger partial charge in [-0.15, -0.1) is 22.7 Å². The van der Waals surface area contributed by atoms with Crippen LogP contribution in [0, 0.1) is 0 Å². The largest absolute Gasteiger partial charge is 0.341 e. The van der Waals surface area contributed by atoms with Gasteiger partial charge in [0.2, 0.25) is 11.8 Å². The molecule has 0 saturated carbocycles. The zero-order chi connectivity index (χ0) is 23.3. The first-order valence-corrected chi connectivity index (χ1v) is 13.9. The maximum Gasteiger partial charge on any atom is 0.227 e. The summed E-state index contributed by atoms with van der Waals surface area (Å²) < 4.78 is 0. The molecule has 2 aliphatic rings. The van der Waals surface area contributed by atoms with Gasteiger partial charge in [-0.25, -0.2) is 0 Å². The molecule has 4 heterocycles. The van der Waals surface area contributed by atoms with E-state index in [4.69, 9.17) is 0 Å². The molecular weight excluding hydrogens is 462 g/mol. The molecule has 0 unspecified atom stereocenters. The van der Waals surface area contributed by atoms with Crippen LogP contribution in [0.4, 0.5) is 0 Å². The lowest BCUT2D eigenvalue weighted by Crippen LogP contribution is -2.41. The van der Waals surface area contributed by atoms with Crippen molar-refractivity contribution >= 4 is 34.5 Å². The molecular formula is C27H31N3O2S2. The van der Waals surface area contributed by atoms with E-state index in [9.17, 15) is 9.59 Å². The van der Waals surface area contributed by atoms with Gasteiger partial charge in [-0.1, -0.05) is 36.4 Å². The Hall–Kier alpha value is -2.48. The molecule has 1 atom stereocenters. The fourth-order valence-electron chi connectivity index (χ4n) is 5.12. The van der Waals surface area contributed by atoms with Crippen molar-refractivity contribution in [3.8, 4) is 0 Å². The molecule has 2 amide bonds. The third kappa shape index (κ3) is 5.27. The average molecular weight is 494 g/mol. The molecule has 0 N–H and O–H groups in total. The Balaban J connectivity index is 1.18. The third-order valence-electron chi connectivity index (χ3n) is 6.90. The molecule has 34 heavy (non-hydrogen) atoms. The van der Waals surface area contributed by atoms with Gasteiger partial charge in [0.15, 0.2) is 0 Å². The van der Waals surface area contributed by atoms with Crippen molar-refractivity contribution in [3.63, 3.8) is 0 Å². The summed E-state index contributed by atoms with van der Waals surface area (Å²) >= 11 is 3.47. The SMILES string of the molecule is O=C(CCN1CCc2sccc2[C@H]1c1ccccc1)N1CCCN(C(=O)Cc2cccs2)CC1. The Bertz CT molecular complexity index is 1100. The summed E-state index contributed by atoms with van der Waals surface area (Å²) in [4.78, 5) is 34.8. The van der Waals surface area contributed by atoms with Gasteiger partial charge in [0.05, 0.1) is 12.5 Å². The maximum absolute atomic E-state index is 13.2. The molecule has 0 radical (unpaired) electrons. The molecule has 1 fully saturated rings. The number of fused-ring (bicyclic) bond motifs is 1. The van der Waals surface area contributed by atoms with E-state index < -0.39 is 0 Å². The van der Waals surface area contributed by atoms with Gasteiger partial charge in [-0.05, 0) is 46.9 Å². The lowest BCUT2D eigenvalue weighted by atomic mass is 9.93. The van der Waals surface area contributed by atoms with Gasteiger partial charge in [0, 0.05) is 55.4 Å². The fraction of sp³-hybridized carbons (Fsp3) is 0.407. The van der Waals surface area contributed by atoms with Gasteiger partial charge in [-0.3, -0.25) is 14.5 Å². The van der Waals surface area contributed by atoms with Crippen molar-refractivity contribution in [1.82, 2.24) is 14.7 Å². The molecule has 1 saturated heterocycles. The number of carbonyl (C=O) groups excluding carboxylic acids is 2. The molecule has 3 aromatic rings. The second-order valence-electron chi connectivity index (χ2n) is 9.02. The Morgan fingerprint density at radius 1 is 0.824 bits per heavy atom. The Labute approximate surface area is 209 Å². The molecule has 5 nitrogen and oxygen atoms in total. The van der Waals surface area contributed by atoms with E-state index in [1.54, 1.807) is 11.3 Å². The minimum absolute atomic E-state index is 0.169. The summed E-state index contributed by atoms with van der Waals surface area (Å²) in [5.41, 5.74) is 2.69. The number of hydrogen-bond acceptors (Lipinski definition) is 5. The van der Waals surface area contributed by atoms with Crippen LogP contribution in [0.1, 0.15) is 39.8 Å². The molecule has 7 heteroatoms. The molecule has 2 aromatic heterocycles. The highest BCUT2D eigenvalue weighted by Crippen LogP contribution is 2.37. The standard InChI is InChI=1S/C27H31N3O2S2/c31-25(28-12-5-13-29(17-16-28)26(32)20-22-8-4-18-33-22)10-15-30-14-9-24-23(11-19-34-24)27(30)21-6-2-1-3-7-21/h1-4,6-8,11,18-19,27H,5,9-10,12-17,20H2/t27-/m1/s1. The van der Waals surface area contributed by atoms with Crippen LogP contribution in [0.3, 0.4) is 0 Å². The zero-order valence-corrected chi connectivity index (χ0v) is 21.0. The minimum atomic E-state index is 0.169. The number of nitrogens with zero attached hydrogens (tertiary/aromatic N) is 3. The first kappa shape index (κ1) is 23.3. The first-order chi connectivity index (χ1) is 16.7. The predicted molar refractivity (Wildman–Crippen MR) is 138 cm³/mol. The number of hydrogen-bond donors (Lipinski definition) is 0.